The third-order valence-electron chi connectivity index (χ3n) is 1.21. The fourth-order valence-corrected chi connectivity index (χ4v) is 0.771. The number of nitrogens with zero attached hydrogens (tertiary/aromatic N) is 6. The minimum atomic E-state index is -1.05. The van der Waals surface area contributed by atoms with Crippen LogP contribution in [-0.4, -0.2) is 30.0 Å². The number of nitrogens with one attached hydrogen (secondary N) is 3. The molecular weight excluding hydrogens is 258 g/mol. The van der Waals surface area contributed by atoms with Gasteiger partial charge in [-0.2, -0.15) is 15.0 Å². The average molecular weight is 261 g/mol. The molecule has 0 unspecified atom stereocenters. The maximum Gasteiger partial charge on any atom is 0.291 e. The third-order valence-corrected chi connectivity index (χ3v) is 1.21. The van der Waals surface area contributed by atoms with E-state index in [4.69, 9.17) is 0 Å². The fourth-order valence-electron chi connectivity index (χ4n) is 0.771. The third kappa shape index (κ3) is 4.00. The zero-order valence-corrected chi connectivity index (χ0v) is 8.13. The molecule has 1 rings (SSSR count). The van der Waals surface area contributed by atoms with Gasteiger partial charge in [0, 0.05) is 0 Å². The van der Waals surface area contributed by atoms with Gasteiger partial charge in [-0.3, -0.25) is 0 Å². The summed E-state index contributed by atoms with van der Waals surface area (Å²) in [5, 5.41) is 27.2. The summed E-state index contributed by atoms with van der Waals surface area (Å²) in [6.07, 6.45) is 0. The lowest BCUT2D eigenvalue weighted by Gasteiger charge is -2.00. The molecule has 0 aliphatic carbocycles. The van der Waals surface area contributed by atoms with Crippen molar-refractivity contribution in [3.05, 3.63) is 30.3 Å². The number of nitro groups is 3. The maximum absolute atomic E-state index is 10.1. The van der Waals surface area contributed by atoms with Crippen LogP contribution in [0.15, 0.2) is 0 Å². The molecule has 0 amide bonds. The van der Waals surface area contributed by atoms with Crippen molar-refractivity contribution in [2.75, 3.05) is 16.3 Å². The number of aromatic nitrogens is 3. The van der Waals surface area contributed by atoms with Crippen LogP contribution in [0.25, 0.3) is 0 Å². The van der Waals surface area contributed by atoms with Crippen LogP contribution >= 0.6 is 0 Å². The van der Waals surface area contributed by atoms with Gasteiger partial charge in [-0.15, -0.1) is 0 Å². The van der Waals surface area contributed by atoms with Gasteiger partial charge < -0.3 is 0 Å². The largest absolute Gasteiger partial charge is 0.291 e. The summed E-state index contributed by atoms with van der Waals surface area (Å²) in [6.45, 7) is 0. The number of hydrogen-bond acceptors (Lipinski definition) is 9. The van der Waals surface area contributed by atoms with E-state index in [2.05, 4.69) is 15.0 Å². The summed E-state index contributed by atoms with van der Waals surface area (Å²) in [6, 6.07) is 0. The number of hydrogen-bond donors (Lipinski definition) is 3. The molecule has 0 atom stereocenters. The Labute approximate surface area is 95.6 Å². The smallest absolute Gasteiger partial charge is 0.234 e. The zero-order valence-electron chi connectivity index (χ0n) is 8.13. The van der Waals surface area contributed by atoms with E-state index in [1.54, 1.807) is 0 Å². The number of rotatable bonds is 6. The molecule has 0 saturated heterocycles. The van der Waals surface area contributed by atoms with Crippen LogP contribution in [-0.2, 0) is 0 Å². The van der Waals surface area contributed by atoms with Gasteiger partial charge in [-0.25, -0.2) is 30.3 Å². The van der Waals surface area contributed by atoms with Gasteiger partial charge in [0.25, 0.3) is 17.8 Å². The Balaban J connectivity index is 3.06. The monoisotopic (exact) mass is 261 g/mol. The highest BCUT2D eigenvalue weighted by atomic mass is 16.7. The summed E-state index contributed by atoms with van der Waals surface area (Å²) in [5.74, 6) is -2.16. The van der Waals surface area contributed by atoms with Crippen LogP contribution < -0.4 is 16.3 Å². The first-order valence-corrected chi connectivity index (χ1v) is 3.86. The molecule has 0 bridgehead atoms. The van der Waals surface area contributed by atoms with Crippen molar-refractivity contribution in [3.8, 4) is 0 Å². The normalized spacial score (nSPS) is 9.33. The zero-order chi connectivity index (χ0) is 13.7. The SMILES string of the molecule is O=[N+]([O-])Nc1nc(N[N+](=O)[O-])nc(N[N+](=O)[O-])n1. The highest BCUT2D eigenvalue weighted by Gasteiger charge is 2.15. The van der Waals surface area contributed by atoms with E-state index in [1.165, 1.54) is 16.3 Å². The van der Waals surface area contributed by atoms with E-state index in [9.17, 15) is 30.3 Å². The predicted octanol–water partition coefficient (Wildman–Crippen LogP) is -1.32. The quantitative estimate of drug-likeness (QED) is 0.402. The Morgan fingerprint density at radius 2 is 0.889 bits per heavy atom. The van der Waals surface area contributed by atoms with Crippen LogP contribution in [0.1, 0.15) is 0 Å². The highest BCUT2D eigenvalue weighted by molar-refractivity contribution is 5.38. The first-order valence-electron chi connectivity index (χ1n) is 3.86. The molecule has 0 saturated carbocycles. The van der Waals surface area contributed by atoms with E-state index < -0.39 is 32.9 Å². The minimum Gasteiger partial charge on any atom is -0.234 e. The van der Waals surface area contributed by atoms with E-state index in [-0.39, 0.29) is 0 Å². The molecule has 0 aliphatic rings. The lowest BCUT2D eigenvalue weighted by molar-refractivity contribution is -0.448. The van der Waals surface area contributed by atoms with Crippen molar-refractivity contribution in [2.45, 2.75) is 0 Å². The summed E-state index contributed by atoms with van der Waals surface area (Å²) >= 11 is 0. The second-order valence-corrected chi connectivity index (χ2v) is 2.41. The maximum atomic E-state index is 10.1. The molecular formula is C3H3N9O6. The van der Waals surface area contributed by atoms with Crippen molar-refractivity contribution < 1.29 is 15.1 Å². The molecule has 3 N–H and O–H groups in total. The Morgan fingerprint density at radius 1 is 0.667 bits per heavy atom. The molecule has 15 nitrogen and oxygen atoms in total. The first kappa shape index (κ1) is 12.7. The highest BCUT2D eigenvalue weighted by Crippen LogP contribution is 2.08. The molecule has 0 aliphatic heterocycles. The topological polar surface area (TPSA) is 204 Å². The van der Waals surface area contributed by atoms with Crippen molar-refractivity contribution >= 4 is 17.8 Å². The molecule has 1 aromatic rings. The molecule has 0 radical (unpaired) electrons. The van der Waals surface area contributed by atoms with Gasteiger partial charge in [-0.1, -0.05) is 16.3 Å². The van der Waals surface area contributed by atoms with Crippen molar-refractivity contribution in [1.82, 2.24) is 15.0 Å². The Bertz CT molecular complexity index is 417. The van der Waals surface area contributed by atoms with Crippen LogP contribution in [0.3, 0.4) is 0 Å². The molecule has 1 aromatic heterocycles. The van der Waals surface area contributed by atoms with E-state index in [1.807, 2.05) is 0 Å². The number of anilines is 3. The second kappa shape index (κ2) is 5.09. The molecule has 0 spiro atoms. The summed E-state index contributed by atoms with van der Waals surface area (Å²) in [5.41, 5.74) is 4.40. The van der Waals surface area contributed by atoms with Gasteiger partial charge in [0.2, 0.25) is 0 Å². The first-order chi connectivity index (χ1) is 8.36. The van der Waals surface area contributed by atoms with Gasteiger partial charge >= 0.3 is 0 Å². The Hall–Kier alpha value is -3.39. The van der Waals surface area contributed by atoms with Crippen molar-refractivity contribution in [3.63, 3.8) is 0 Å². The van der Waals surface area contributed by atoms with E-state index in [0.717, 1.165) is 0 Å². The van der Waals surface area contributed by atoms with Crippen molar-refractivity contribution in [2.24, 2.45) is 0 Å². The lowest BCUT2D eigenvalue weighted by Crippen LogP contribution is -2.19. The average Bonchev–Trinajstić information content (AvgIpc) is 2.12. The molecule has 96 valence electrons. The lowest BCUT2D eigenvalue weighted by atomic mass is 10.8. The van der Waals surface area contributed by atoms with E-state index >= 15 is 0 Å². The van der Waals surface area contributed by atoms with Gasteiger partial charge in [0.15, 0.2) is 15.1 Å². The van der Waals surface area contributed by atoms with Gasteiger partial charge in [-0.05, 0) is 0 Å². The molecule has 18 heavy (non-hydrogen) atoms. The van der Waals surface area contributed by atoms with Crippen LogP contribution in [0.4, 0.5) is 17.8 Å². The van der Waals surface area contributed by atoms with Crippen LogP contribution in [0, 0.1) is 30.3 Å². The van der Waals surface area contributed by atoms with Gasteiger partial charge in [0.05, 0.1) is 0 Å². The van der Waals surface area contributed by atoms with Crippen LogP contribution in [0.5, 0.6) is 0 Å². The van der Waals surface area contributed by atoms with Crippen molar-refractivity contribution in [1.29, 1.82) is 0 Å². The Kier molecular flexibility index (Phi) is 3.59. The summed E-state index contributed by atoms with van der Waals surface area (Å²) in [4.78, 5) is 40.1. The molecule has 1 heterocycles. The minimum absolute atomic E-state index is 0.719. The molecule has 15 heteroatoms. The summed E-state index contributed by atoms with van der Waals surface area (Å²) in [7, 11) is 0. The fraction of sp³-hybridized carbons (Fsp3) is 0. The summed E-state index contributed by atoms with van der Waals surface area (Å²) < 4.78 is 0. The molecule has 0 aromatic carbocycles. The van der Waals surface area contributed by atoms with Crippen LogP contribution in [0.2, 0.25) is 0 Å². The predicted molar refractivity (Wildman–Crippen MR) is 51.7 cm³/mol. The molecule has 0 fully saturated rings. The van der Waals surface area contributed by atoms with E-state index in [0.29, 0.717) is 0 Å². The number of hydrazine groups is 3. The standard InChI is InChI=1S/C3H3N9O6/c13-10(14)7-1-4-2(8-11(15)16)6-3(5-1)9-12(17)18/h(H3,4,5,6,7,8,9). The second-order valence-electron chi connectivity index (χ2n) is 2.41. The Morgan fingerprint density at radius 3 is 1.06 bits per heavy atom. The van der Waals surface area contributed by atoms with Gasteiger partial charge in [0.1, 0.15) is 0 Å².